The van der Waals surface area contributed by atoms with Gasteiger partial charge in [-0.3, -0.25) is 9.59 Å². The second-order valence-electron chi connectivity index (χ2n) is 5.53. The predicted molar refractivity (Wildman–Crippen MR) is 83.3 cm³/mol. The number of ether oxygens (including phenoxy) is 1. The van der Waals surface area contributed by atoms with Gasteiger partial charge < -0.3 is 21.1 Å². The zero-order chi connectivity index (χ0) is 16.7. The molecule has 0 radical (unpaired) electrons. The quantitative estimate of drug-likeness (QED) is 0.662. The topological polar surface area (TPSA) is 93.5 Å². The molecular weight excluding hydrogens is 301 g/mol. The maximum absolute atomic E-state index is 12.8. The van der Waals surface area contributed by atoms with E-state index < -0.39 is 11.9 Å². The van der Waals surface area contributed by atoms with Gasteiger partial charge in [0.1, 0.15) is 5.82 Å². The summed E-state index contributed by atoms with van der Waals surface area (Å²) in [5.41, 5.74) is 6.32. The summed E-state index contributed by atoms with van der Waals surface area (Å²) in [4.78, 5) is 23.8. The molecule has 7 heteroatoms. The molecule has 1 aliphatic rings. The van der Waals surface area contributed by atoms with Crippen molar-refractivity contribution in [2.24, 2.45) is 11.7 Å². The van der Waals surface area contributed by atoms with Crippen LogP contribution in [0.3, 0.4) is 0 Å². The highest BCUT2D eigenvalue weighted by Crippen LogP contribution is 2.17. The highest BCUT2D eigenvalue weighted by molar-refractivity contribution is 5.94. The third-order valence-electron chi connectivity index (χ3n) is 3.89. The number of rotatable bonds is 6. The zero-order valence-corrected chi connectivity index (χ0v) is 12.9. The molecule has 1 fully saturated rings. The number of halogens is 1. The average Bonchev–Trinajstić information content (AvgIpc) is 2.59. The lowest BCUT2D eigenvalue weighted by Crippen LogP contribution is -2.48. The normalized spacial score (nSPS) is 16.6. The lowest BCUT2D eigenvalue weighted by molar-refractivity contribution is -0.124. The van der Waals surface area contributed by atoms with Crippen molar-refractivity contribution in [3.05, 3.63) is 35.6 Å². The molecule has 1 saturated heterocycles. The Balaban J connectivity index is 1.67. The first kappa shape index (κ1) is 17.4. The minimum atomic E-state index is -0.549. The van der Waals surface area contributed by atoms with Crippen LogP contribution in [0.1, 0.15) is 23.2 Å². The molecule has 1 aliphatic heterocycles. The van der Waals surface area contributed by atoms with Gasteiger partial charge >= 0.3 is 0 Å². The smallest absolute Gasteiger partial charge is 0.251 e. The van der Waals surface area contributed by atoms with Gasteiger partial charge in [0.25, 0.3) is 5.91 Å². The zero-order valence-electron chi connectivity index (χ0n) is 12.9. The summed E-state index contributed by atoms with van der Waals surface area (Å²) >= 11 is 0. The minimum Gasteiger partial charge on any atom is -0.381 e. The molecule has 6 nitrogen and oxygen atoms in total. The molecular formula is C16H22FN3O3. The number of carbonyl (C=O) groups is 2. The second-order valence-corrected chi connectivity index (χ2v) is 5.53. The molecule has 0 spiro atoms. The molecule has 2 rings (SSSR count). The van der Waals surface area contributed by atoms with Crippen molar-refractivity contribution in [2.75, 3.05) is 26.3 Å². The molecule has 0 aromatic heterocycles. The molecule has 0 aliphatic carbocycles. The molecule has 126 valence electrons. The van der Waals surface area contributed by atoms with Crippen LogP contribution in [0.5, 0.6) is 0 Å². The Bertz CT molecular complexity index is 530. The van der Waals surface area contributed by atoms with Crippen LogP contribution >= 0.6 is 0 Å². The second kappa shape index (κ2) is 8.59. The number of nitrogens with two attached hydrogens (primary N) is 1. The van der Waals surface area contributed by atoms with Crippen LogP contribution < -0.4 is 16.4 Å². The highest BCUT2D eigenvalue weighted by Gasteiger charge is 2.26. The van der Waals surface area contributed by atoms with E-state index in [2.05, 4.69) is 10.6 Å². The van der Waals surface area contributed by atoms with Gasteiger partial charge in [0.15, 0.2) is 0 Å². The number of amides is 2. The first-order valence-corrected chi connectivity index (χ1v) is 7.72. The van der Waals surface area contributed by atoms with Gasteiger partial charge in [-0.15, -0.1) is 0 Å². The number of nitrogens with one attached hydrogen (secondary N) is 2. The summed E-state index contributed by atoms with van der Waals surface area (Å²) in [6.07, 6.45) is 1.58. The lowest BCUT2D eigenvalue weighted by Gasteiger charge is -2.26. The van der Waals surface area contributed by atoms with Gasteiger partial charge in [0.05, 0.1) is 6.04 Å². The highest BCUT2D eigenvalue weighted by atomic mass is 19.1. The van der Waals surface area contributed by atoms with Gasteiger partial charge in [-0.05, 0) is 43.0 Å². The molecule has 23 heavy (non-hydrogen) atoms. The van der Waals surface area contributed by atoms with Crippen LogP contribution in [0.2, 0.25) is 0 Å². The molecule has 1 atom stereocenters. The van der Waals surface area contributed by atoms with Crippen LogP contribution in [0, 0.1) is 11.7 Å². The summed E-state index contributed by atoms with van der Waals surface area (Å²) in [7, 11) is 0. The molecule has 2 amide bonds. The Morgan fingerprint density at radius 1 is 1.17 bits per heavy atom. The molecule has 0 bridgehead atoms. The van der Waals surface area contributed by atoms with Crippen LogP contribution in [0.15, 0.2) is 24.3 Å². The van der Waals surface area contributed by atoms with Gasteiger partial charge in [-0.2, -0.15) is 0 Å². The molecule has 1 aromatic rings. The van der Waals surface area contributed by atoms with E-state index >= 15 is 0 Å². The Labute approximate surface area is 134 Å². The fourth-order valence-corrected chi connectivity index (χ4v) is 2.47. The minimum absolute atomic E-state index is 0.137. The van der Waals surface area contributed by atoms with E-state index in [0.717, 1.165) is 12.8 Å². The van der Waals surface area contributed by atoms with Crippen molar-refractivity contribution >= 4 is 11.8 Å². The molecule has 1 unspecified atom stereocenters. The Kier molecular flexibility index (Phi) is 6.49. The van der Waals surface area contributed by atoms with Crippen molar-refractivity contribution in [2.45, 2.75) is 18.9 Å². The number of hydrogen-bond donors (Lipinski definition) is 3. The van der Waals surface area contributed by atoms with Crippen molar-refractivity contribution in [3.8, 4) is 0 Å². The van der Waals surface area contributed by atoms with Crippen LogP contribution in [0.25, 0.3) is 0 Å². The van der Waals surface area contributed by atoms with Crippen LogP contribution in [-0.4, -0.2) is 44.2 Å². The number of carbonyl (C=O) groups excluding carboxylic acids is 2. The van der Waals surface area contributed by atoms with Crippen LogP contribution in [0.4, 0.5) is 4.39 Å². The van der Waals surface area contributed by atoms with Crippen molar-refractivity contribution in [1.29, 1.82) is 0 Å². The average molecular weight is 323 g/mol. The van der Waals surface area contributed by atoms with E-state index in [1.54, 1.807) is 0 Å². The van der Waals surface area contributed by atoms with Crippen molar-refractivity contribution in [1.82, 2.24) is 10.6 Å². The van der Waals surface area contributed by atoms with E-state index in [0.29, 0.717) is 25.3 Å². The van der Waals surface area contributed by atoms with E-state index in [4.69, 9.17) is 10.5 Å². The fourth-order valence-electron chi connectivity index (χ4n) is 2.47. The summed E-state index contributed by atoms with van der Waals surface area (Å²) in [6, 6.07) is 4.72. The SMILES string of the molecule is NC(C(=O)NCCNC(=O)c1ccc(F)cc1)C1CCOCC1. The summed E-state index contributed by atoms with van der Waals surface area (Å²) in [5.74, 6) is -0.783. The fraction of sp³-hybridized carbons (Fsp3) is 0.500. The van der Waals surface area contributed by atoms with Crippen molar-refractivity contribution in [3.63, 3.8) is 0 Å². The maximum atomic E-state index is 12.8. The van der Waals surface area contributed by atoms with E-state index in [1.807, 2.05) is 0 Å². The lowest BCUT2D eigenvalue weighted by atomic mass is 9.92. The van der Waals surface area contributed by atoms with E-state index in [9.17, 15) is 14.0 Å². The first-order valence-electron chi connectivity index (χ1n) is 7.72. The first-order chi connectivity index (χ1) is 11.1. The van der Waals surface area contributed by atoms with Crippen LogP contribution in [-0.2, 0) is 9.53 Å². The molecule has 1 heterocycles. The molecule has 4 N–H and O–H groups in total. The Hall–Kier alpha value is -1.99. The number of benzene rings is 1. The molecule has 1 aromatic carbocycles. The summed E-state index contributed by atoms with van der Waals surface area (Å²) in [6.45, 7) is 1.85. The van der Waals surface area contributed by atoms with Gasteiger partial charge in [-0.25, -0.2) is 4.39 Å². The number of hydrogen-bond acceptors (Lipinski definition) is 4. The molecule has 0 saturated carbocycles. The van der Waals surface area contributed by atoms with Crippen molar-refractivity contribution < 1.29 is 18.7 Å². The van der Waals surface area contributed by atoms with E-state index in [-0.39, 0.29) is 24.3 Å². The van der Waals surface area contributed by atoms with Gasteiger partial charge in [0, 0.05) is 31.9 Å². The monoisotopic (exact) mass is 323 g/mol. The predicted octanol–water partition coefficient (Wildman–Crippen LogP) is 0.426. The summed E-state index contributed by atoms with van der Waals surface area (Å²) in [5, 5.41) is 5.37. The third-order valence-corrected chi connectivity index (χ3v) is 3.89. The maximum Gasteiger partial charge on any atom is 0.251 e. The van der Waals surface area contributed by atoms with E-state index in [1.165, 1.54) is 24.3 Å². The largest absolute Gasteiger partial charge is 0.381 e. The standard InChI is InChI=1S/C16H22FN3O3/c17-13-3-1-12(2-4-13)15(21)19-7-8-20-16(22)14(18)11-5-9-23-10-6-11/h1-4,11,14H,5-10,18H2,(H,19,21)(H,20,22). The van der Waals surface area contributed by atoms with Gasteiger partial charge in [0.2, 0.25) is 5.91 Å². The summed E-state index contributed by atoms with van der Waals surface area (Å²) < 4.78 is 18.0. The Morgan fingerprint density at radius 2 is 1.78 bits per heavy atom. The third kappa shape index (κ3) is 5.30. The van der Waals surface area contributed by atoms with Gasteiger partial charge in [-0.1, -0.05) is 0 Å². The Morgan fingerprint density at radius 3 is 2.43 bits per heavy atom.